The summed E-state index contributed by atoms with van der Waals surface area (Å²) in [5.41, 5.74) is 1.32. The SMILES string of the molecule is c1ccc(C2NC3NCN=C3S2)cc1. The minimum atomic E-state index is 0.283. The summed E-state index contributed by atoms with van der Waals surface area (Å²) >= 11 is 1.81. The number of nitrogens with one attached hydrogen (secondary N) is 2. The van der Waals surface area contributed by atoms with Gasteiger partial charge in [-0.3, -0.25) is 15.6 Å². The van der Waals surface area contributed by atoms with Gasteiger partial charge in [-0.1, -0.05) is 42.1 Å². The second kappa shape index (κ2) is 3.38. The zero-order valence-electron chi connectivity index (χ0n) is 7.60. The molecule has 2 heterocycles. The molecule has 3 rings (SSSR count). The highest BCUT2D eigenvalue weighted by Crippen LogP contribution is 2.35. The largest absolute Gasteiger partial charge is 0.280 e. The lowest BCUT2D eigenvalue weighted by molar-refractivity contribution is 0.559. The molecule has 0 bridgehead atoms. The lowest BCUT2D eigenvalue weighted by atomic mass is 10.2. The van der Waals surface area contributed by atoms with Crippen LogP contribution in [0.3, 0.4) is 0 Å². The van der Waals surface area contributed by atoms with Gasteiger partial charge in [-0.05, 0) is 5.56 Å². The van der Waals surface area contributed by atoms with Crippen molar-refractivity contribution in [2.45, 2.75) is 11.5 Å². The van der Waals surface area contributed by atoms with Crippen molar-refractivity contribution < 1.29 is 0 Å². The van der Waals surface area contributed by atoms with Crippen LogP contribution in [-0.4, -0.2) is 17.9 Å². The van der Waals surface area contributed by atoms with Crippen molar-refractivity contribution >= 4 is 16.8 Å². The summed E-state index contributed by atoms with van der Waals surface area (Å²) in [5, 5.41) is 8.32. The maximum absolute atomic E-state index is 4.38. The van der Waals surface area contributed by atoms with E-state index in [2.05, 4.69) is 39.9 Å². The van der Waals surface area contributed by atoms with Gasteiger partial charge in [0.25, 0.3) is 0 Å². The van der Waals surface area contributed by atoms with Crippen LogP contribution in [0.15, 0.2) is 35.3 Å². The summed E-state index contributed by atoms with van der Waals surface area (Å²) in [4.78, 5) is 4.38. The fourth-order valence-corrected chi connectivity index (χ4v) is 2.89. The summed E-state index contributed by atoms with van der Waals surface area (Å²) in [6.45, 7) is 0.751. The molecule has 0 spiro atoms. The van der Waals surface area contributed by atoms with Gasteiger partial charge in [0.15, 0.2) is 0 Å². The zero-order chi connectivity index (χ0) is 9.38. The van der Waals surface area contributed by atoms with Crippen LogP contribution in [0.25, 0.3) is 0 Å². The van der Waals surface area contributed by atoms with Gasteiger partial charge in [-0.25, -0.2) is 0 Å². The number of aliphatic imine (C=N–C) groups is 1. The highest BCUT2D eigenvalue weighted by molar-refractivity contribution is 8.14. The average molecular weight is 205 g/mol. The van der Waals surface area contributed by atoms with Crippen molar-refractivity contribution in [1.82, 2.24) is 10.6 Å². The summed E-state index contributed by atoms with van der Waals surface area (Å²) < 4.78 is 0. The molecule has 2 N–H and O–H groups in total. The van der Waals surface area contributed by atoms with E-state index in [9.17, 15) is 0 Å². The third kappa shape index (κ3) is 1.35. The first kappa shape index (κ1) is 8.47. The van der Waals surface area contributed by atoms with Crippen LogP contribution < -0.4 is 10.6 Å². The smallest absolute Gasteiger partial charge is 0.109 e. The Bertz CT molecular complexity index is 363. The van der Waals surface area contributed by atoms with Crippen molar-refractivity contribution in [3.63, 3.8) is 0 Å². The van der Waals surface area contributed by atoms with Crippen LogP contribution in [0.1, 0.15) is 10.9 Å². The van der Waals surface area contributed by atoms with Crippen molar-refractivity contribution in [3.8, 4) is 0 Å². The molecular weight excluding hydrogens is 194 g/mol. The summed E-state index contributed by atoms with van der Waals surface area (Å²) in [6.07, 6.45) is 0.283. The third-order valence-electron chi connectivity index (χ3n) is 2.44. The number of benzene rings is 1. The minimum Gasteiger partial charge on any atom is -0.280 e. The van der Waals surface area contributed by atoms with E-state index in [1.54, 1.807) is 0 Å². The van der Waals surface area contributed by atoms with E-state index in [1.165, 1.54) is 10.6 Å². The number of fused-ring (bicyclic) bond motifs is 1. The Morgan fingerprint density at radius 1 is 1.29 bits per heavy atom. The predicted molar refractivity (Wildman–Crippen MR) is 59.1 cm³/mol. The first-order valence-electron chi connectivity index (χ1n) is 4.69. The summed E-state index contributed by atoms with van der Waals surface area (Å²) in [7, 11) is 0. The maximum Gasteiger partial charge on any atom is 0.109 e. The number of hydrogen-bond acceptors (Lipinski definition) is 4. The van der Waals surface area contributed by atoms with Crippen molar-refractivity contribution in [2.24, 2.45) is 4.99 Å². The molecule has 2 atom stereocenters. The van der Waals surface area contributed by atoms with Crippen molar-refractivity contribution in [1.29, 1.82) is 0 Å². The van der Waals surface area contributed by atoms with Crippen LogP contribution in [0.5, 0.6) is 0 Å². The topological polar surface area (TPSA) is 36.4 Å². The normalized spacial score (nSPS) is 30.1. The second-order valence-electron chi connectivity index (χ2n) is 3.37. The Morgan fingerprint density at radius 3 is 2.93 bits per heavy atom. The van der Waals surface area contributed by atoms with E-state index < -0.39 is 0 Å². The van der Waals surface area contributed by atoms with Crippen molar-refractivity contribution in [3.05, 3.63) is 35.9 Å². The number of thioether (sulfide) groups is 1. The predicted octanol–water partition coefficient (Wildman–Crippen LogP) is 1.31. The molecule has 0 amide bonds. The molecule has 3 nitrogen and oxygen atoms in total. The number of nitrogens with zero attached hydrogens (tertiary/aromatic N) is 1. The van der Waals surface area contributed by atoms with Gasteiger partial charge < -0.3 is 0 Å². The fraction of sp³-hybridized carbons (Fsp3) is 0.300. The van der Waals surface area contributed by atoms with E-state index in [0.717, 1.165) is 6.67 Å². The molecule has 0 aromatic heterocycles. The second-order valence-corrected chi connectivity index (χ2v) is 4.49. The molecule has 1 aromatic rings. The molecule has 0 radical (unpaired) electrons. The molecular formula is C10H11N3S. The number of rotatable bonds is 1. The Morgan fingerprint density at radius 2 is 2.14 bits per heavy atom. The summed E-state index contributed by atoms with van der Waals surface area (Å²) in [5.74, 6) is 0. The lowest BCUT2D eigenvalue weighted by Gasteiger charge is -2.11. The van der Waals surface area contributed by atoms with Gasteiger partial charge in [0.1, 0.15) is 11.2 Å². The highest BCUT2D eigenvalue weighted by Gasteiger charge is 2.33. The van der Waals surface area contributed by atoms with Gasteiger partial charge in [0, 0.05) is 0 Å². The molecule has 1 fully saturated rings. The molecule has 2 unspecified atom stereocenters. The van der Waals surface area contributed by atoms with E-state index in [-0.39, 0.29) is 6.17 Å². The van der Waals surface area contributed by atoms with Gasteiger partial charge in [-0.2, -0.15) is 0 Å². The van der Waals surface area contributed by atoms with Crippen LogP contribution in [0.2, 0.25) is 0 Å². The van der Waals surface area contributed by atoms with Crippen LogP contribution >= 0.6 is 11.8 Å². The van der Waals surface area contributed by atoms with Gasteiger partial charge in [0.2, 0.25) is 0 Å². The Balaban J connectivity index is 1.83. The van der Waals surface area contributed by atoms with Crippen LogP contribution in [0.4, 0.5) is 0 Å². The van der Waals surface area contributed by atoms with Crippen molar-refractivity contribution in [2.75, 3.05) is 6.67 Å². The first-order valence-corrected chi connectivity index (χ1v) is 5.57. The van der Waals surface area contributed by atoms with E-state index in [0.29, 0.717) is 5.37 Å². The number of hydrogen-bond donors (Lipinski definition) is 2. The van der Waals surface area contributed by atoms with E-state index >= 15 is 0 Å². The average Bonchev–Trinajstić information content (AvgIpc) is 2.78. The molecule has 2 aliphatic heterocycles. The quantitative estimate of drug-likeness (QED) is 0.725. The Kier molecular flexibility index (Phi) is 2.05. The van der Waals surface area contributed by atoms with E-state index in [1.807, 2.05) is 17.8 Å². The summed E-state index contributed by atoms with van der Waals surface area (Å²) in [6, 6.07) is 10.5. The van der Waals surface area contributed by atoms with Crippen LogP contribution in [0, 0.1) is 0 Å². The molecule has 0 aliphatic carbocycles. The van der Waals surface area contributed by atoms with E-state index in [4.69, 9.17) is 0 Å². The van der Waals surface area contributed by atoms with Gasteiger partial charge in [0.05, 0.1) is 12.0 Å². The molecule has 4 heteroatoms. The third-order valence-corrected chi connectivity index (χ3v) is 3.69. The first-order chi connectivity index (χ1) is 6.93. The molecule has 1 saturated heterocycles. The molecule has 0 saturated carbocycles. The minimum absolute atomic E-state index is 0.283. The monoisotopic (exact) mass is 205 g/mol. The standard InChI is InChI=1S/C10H11N3S/c1-2-4-7(5-3-1)9-13-8-10(14-9)12-6-11-8/h1-5,8-9,11,13H,6H2. The Hall–Kier alpha value is -0.840. The Labute approximate surface area is 87.0 Å². The molecule has 14 heavy (non-hydrogen) atoms. The molecule has 1 aromatic carbocycles. The molecule has 72 valence electrons. The molecule has 2 aliphatic rings. The fourth-order valence-electron chi connectivity index (χ4n) is 1.73. The highest BCUT2D eigenvalue weighted by atomic mass is 32.2. The van der Waals surface area contributed by atoms with Crippen LogP contribution in [-0.2, 0) is 0 Å². The lowest BCUT2D eigenvalue weighted by Crippen LogP contribution is -2.37. The maximum atomic E-state index is 4.38. The zero-order valence-corrected chi connectivity index (χ0v) is 8.42. The van der Waals surface area contributed by atoms with Gasteiger partial charge >= 0.3 is 0 Å². The van der Waals surface area contributed by atoms with Gasteiger partial charge in [-0.15, -0.1) is 0 Å².